The summed E-state index contributed by atoms with van der Waals surface area (Å²) in [7, 11) is 1.34. The molecular weight excluding hydrogens is 328 g/mol. The van der Waals surface area contributed by atoms with Crippen LogP contribution in [0.2, 0.25) is 0 Å². The van der Waals surface area contributed by atoms with Crippen molar-refractivity contribution in [1.29, 1.82) is 0 Å². The Morgan fingerprint density at radius 3 is 2.19 bits per heavy atom. The van der Waals surface area contributed by atoms with E-state index in [1.165, 1.54) is 7.11 Å². The van der Waals surface area contributed by atoms with Gasteiger partial charge in [0, 0.05) is 0 Å². The monoisotopic (exact) mass is 346 g/mol. The molecule has 0 fully saturated rings. The van der Waals surface area contributed by atoms with E-state index in [1.54, 1.807) is 0 Å². The highest BCUT2D eigenvalue weighted by atomic mass is 16.5. The number of ether oxygens (including phenoxy) is 1. The van der Waals surface area contributed by atoms with Crippen LogP contribution < -0.4 is 10.6 Å². The Morgan fingerprint density at radius 1 is 0.923 bits per heavy atom. The Kier molecular flexibility index (Phi) is 3.65. The van der Waals surface area contributed by atoms with Crippen molar-refractivity contribution in [1.82, 2.24) is 5.32 Å². The molecular formula is C21H18N2O3. The molecule has 1 atom stereocenters. The maximum Gasteiger partial charge on any atom is 0.340 e. The van der Waals surface area contributed by atoms with Gasteiger partial charge in [-0.1, -0.05) is 60.7 Å². The molecule has 0 saturated heterocycles. The van der Waals surface area contributed by atoms with Crippen LogP contribution >= 0.6 is 0 Å². The van der Waals surface area contributed by atoms with Crippen molar-refractivity contribution in [2.45, 2.75) is 12.6 Å². The number of rotatable bonds is 2. The number of esters is 1. The fourth-order valence-corrected chi connectivity index (χ4v) is 3.54. The van der Waals surface area contributed by atoms with Crippen molar-refractivity contribution < 1.29 is 14.3 Å². The van der Waals surface area contributed by atoms with Crippen molar-refractivity contribution >= 4 is 17.6 Å². The maximum absolute atomic E-state index is 13.0. The van der Waals surface area contributed by atoms with Crippen LogP contribution in [0.15, 0.2) is 60.7 Å². The van der Waals surface area contributed by atoms with Gasteiger partial charge in [-0.05, 0) is 23.6 Å². The normalized spacial score (nSPS) is 18.6. The molecule has 1 amide bonds. The molecule has 0 aromatic heterocycles. The summed E-state index contributed by atoms with van der Waals surface area (Å²) in [4.78, 5) is 25.5. The zero-order valence-corrected chi connectivity index (χ0v) is 14.5. The maximum atomic E-state index is 13.0. The zero-order valence-electron chi connectivity index (χ0n) is 14.5. The summed E-state index contributed by atoms with van der Waals surface area (Å²) < 4.78 is 5.00. The first-order chi connectivity index (χ1) is 12.5. The molecule has 5 nitrogen and oxygen atoms in total. The molecule has 0 radical (unpaired) electrons. The smallest absolute Gasteiger partial charge is 0.340 e. The number of fused-ring (bicyclic) bond motifs is 3. The molecule has 1 aromatic rings. The van der Waals surface area contributed by atoms with Crippen molar-refractivity contribution in [2.24, 2.45) is 0 Å². The molecule has 2 aliphatic carbocycles. The van der Waals surface area contributed by atoms with Crippen molar-refractivity contribution in [2.75, 3.05) is 12.4 Å². The molecule has 0 saturated carbocycles. The number of nitrogens with one attached hydrogen (secondary N) is 2. The van der Waals surface area contributed by atoms with Gasteiger partial charge in [0.2, 0.25) is 0 Å². The molecule has 0 spiro atoms. The molecule has 1 aromatic carbocycles. The fraction of sp³-hybridized carbons (Fsp3) is 0.143. The Bertz CT molecular complexity index is 984. The second kappa shape index (κ2) is 5.88. The predicted molar refractivity (Wildman–Crippen MR) is 99.3 cm³/mol. The Balaban J connectivity index is 1.98. The minimum atomic E-state index is -0.833. The summed E-state index contributed by atoms with van der Waals surface area (Å²) in [6.45, 7) is 1.88. The molecule has 1 aliphatic heterocycles. The van der Waals surface area contributed by atoms with E-state index in [2.05, 4.69) is 10.6 Å². The molecule has 1 unspecified atom stereocenters. The van der Waals surface area contributed by atoms with Crippen LogP contribution in [0.3, 0.4) is 0 Å². The standard InChI is InChI=1S/C21H18N2O3/c1-21(13-9-5-3-6-10-13)22-18-16(19(24)23-21)14-11-7-4-8-12-15(14)17(18)20(25)26-2/h3-12,22H,1-2H3,(H,23,24). The number of anilines is 1. The van der Waals surface area contributed by atoms with E-state index in [9.17, 15) is 9.59 Å². The first-order valence-corrected chi connectivity index (χ1v) is 8.34. The lowest BCUT2D eigenvalue weighted by Crippen LogP contribution is -2.52. The van der Waals surface area contributed by atoms with Crippen LogP contribution in [0.1, 0.15) is 33.2 Å². The van der Waals surface area contributed by atoms with Gasteiger partial charge in [0.05, 0.1) is 23.9 Å². The van der Waals surface area contributed by atoms with E-state index in [1.807, 2.05) is 67.6 Å². The second-order valence-corrected chi connectivity index (χ2v) is 6.42. The first-order valence-electron chi connectivity index (χ1n) is 8.34. The van der Waals surface area contributed by atoms with Gasteiger partial charge in [-0.3, -0.25) is 4.79 Å². The third kappa shape index (κ3) is 2.32. The SMILES string of the molecule is COC(=O)c1c2cccccc-2c2c1NC(C)(c1ccccc1)NC2=O. The first kappa shape index (κ1) is 16.1. The lowest BCUT2D eigenvalue weighted by Gasteiger charge is -2.37. The zero-order chi connectivity index (χ0) is 18.3. The molecule has 3 aliphatic rings. The number of carbonyl (C=O) groups excluding carboxylic acids is 2. The van der Waals surface area contributed by atoms with E-state index in [-0.39, 0.29) is 5.91 Å². The number of carbonyl (C=O) groups is 2. The third-order valence-corrected chi connectivity index (χ3v) is 4.78. The quantitative estimate of drug-likeness (QED) is 0.696. The third-order valence-electron chi connectivity index (χ3n) is 4.78. The summed E-state index contributed by atoms with van der Waals surface area (Å²) in [6, 6.07) is 18.8. The Hall–Kier alpha value is -3.34. The van der Waals surface area contributed by atoms with Gasteiger partial charge < -0.3 is 15.4 Å². The number of hydrogen-bond acceptors (Lipinski definition) is 4. The van der Waals surface area contributed by atoms with Gasteiger partial charge in [-0.25, -0.2) is 4.79 Å². The van der Waals surface area contributed by atoms with Crippen LogP contribution in [-0.2, 0) is 10.4 Å². The number of methoxy groups -OCH3 is 1. The molecule has 5 heteroatoms. The minimum Gasteiger partial charge on any atom is -0.465 e. The highest BCUT2D eigenvalue weighted by Crippen LogP contribution is 2.44. The average Bonchev–Trinajstić information content (AvgIpc) is 2.78. The molecule has 4 rings (SSSR count). The summed E-state index contributed by atoms with van der Waals surface area (Å²) in [5, 5.41) is 6.41. The van der Waals surface area contributed by atoms with E-state index in [0.717, 1.165) is 5.56 Å². The minimum absolute atomic E-state index is 0.226. The fourth-order valence-electron chi connectivity index (χ4n) is 3.54. The molecule has 130 valence electrons. The predicted octanol–water partition coefficient (Wildman–Crippen LogP) is 3.61. The molecule has 2 N–H and O–H groups in total. The van der Waals surface area contributed by atoms with E-state index >= 15 is 0 Å². The average molecular weight is 346 g/mol. The van der Waals surface area contributed by atoms with Crippen LogP contribution in [0.5, 0.6) is 0 Å². The Morgan fingerprint density at radius 2 is 1.54 bits per heavy atom. The lowest BCUT2D eigenvalue weighted by atomic mass is 9.96. The van der Waals surface area contributed by atoms with Crippen LogP contribution in [0.25, 0.3) is 11.1 Å². The topological polar surface area (TPSA) is 67.4 Å². The molecule has 1 heterocycles. The molecule has 26 heavy (non-hydrogen) atoms. The summed E-state index contributed by atoms with van der Waals surface area (Å²) >= 11 is 0. The van der Waals surface area contributed by atoms with Crippen molar-refractivity contribution in [3.05, 3.63) is 77.4 Å². The highest BCUT2D eigenvalue weighted by Gasteiger charge is 2.41. The number of hydrogen-bond donors (Lipinski definition) is 2. The summed E-state index contributed by atoms with van der Waals surface area (Å²) in [6.07, 6.45) is 0. The van der Waals surface area contributed by atoms with Gasteiger partial charge in [0.15, 0.2) is 0 Å². The highest BCUT2D eigenvalue weighted by molar-refractivity contribution is 6.18. The van der Waals surface area contributed by atoms with E-state index < -0.39 is 11.6 Å². The van der Waals surface area contributed by atoms with Crippen molar-refractivity contribution in [3.8, 4) is 11.1 Å². The van der Waals surface area contributed by atoms with E-state index in [4.69, 9.17) is 4.74 Å². The van der Waals surface area contributed by atoms with Gasteiger partial charge in [0.1, 0.15) is 5.66 Å². The van der Waals surface area contributed by atoms with Gasteiger partial charge in [-0.2, -0.15) is 0 Å². The number of amides is 1. The van der Waals surface area contributed by atoms with Crippen LogP contribution in [0, 0.1) is 0 Å². The summed E-state index contributed by atoms with van der Waals surface area (Å²) in [5.41, 5.74) is 2.81. The Labute approximate surface area is 151 Å². The summed E-state index contributed by atoms with van der Waals surface area (Å²) in [5.74, 6) is -0.698. The van der Waals surface area contributed by atoms with Gasteiger partial charge in [-0.15, -0.1) is 0 Å². The van der Waals surface area contributed by atoms with Gasteiger partial charge in [0.25, 0.3) is 5.91 Å². The van der Waals surface area contributed by atoms with Crippen molar-refractivity contribution in [3.63, 3.8) is 0 Å². The molecule has 0 bridgehead atoms. The van der Waals surface area contributed by atoms with E-state index in [0.29, 0.717) is 27.9 Å². The largest absolute Gasteiger partial charge is 0.465 e. The van der Waals surface area contributed by atoms with Crippen LogP contribution in [0.4, 0.5) is 5.69 Å². The number of benzene rings is 1. The van der Waals surface area contributed by atoms with Gasteiger partial charge >= 0.3 is 5.97 Å². The lowest BCUT2D eigenvalue weighted by molar-refractivity contribution is 0.0603. The second-order valence-electron chi connectivity index (χ2n) is 6.42. The van der Waals surface area contributed by atoms with Crippen LogP contribution in [-0.4, -0.2) is 19.0 Å².